The first kappa shape index (κ1) is 13.4. The van der Waals surface area contributed by atoms with Crippen molar-refractivity contribution in [1.29, 1.82) is 0 Å². The van der Waals surface area contributed by atoms with Crippen LogP contribution in [0.1, 0.15) is 37.4 Å². The summed E-state index contributed by atoms with van der Waals surface area (Å²) in [5.74, 6) is 0. The SMILES string of the molecule is CNC(Cc1ccn(C2CCCC2)n1)C(F)(F)F. The van der Waals surface area contributed by atoms with E-state index < -0.39 is 12.2 Å². The molecule has 1 aromatic rings. The zero-order chi connectivity index (χ0) is 13.2. The number of aromatic nitrogens is 2. The van der Waals surface area contributed by atoms with Crippen LogP contribution in [0, 0.1) is 0 Å². The lowest BCUT2D eigenvalue weighted by Crippen LogP contribution is -2.41. The number of hydrogen-bond acceptors (Lipinski definition) is 2. The van der Waals surface area contributed by atoms with E-state index in [0.717, 1.165) is 12.8 Å². The largest absolute Gasteiger partial charge is 0.404 e. The molecule has 2 rings (SSSR count). The van der Waals surface area contributed by atoms with Gasteiger partial charge in [0, 0.05) is 12.6 Å². The van der Waals surface area contributed by atoms with Gasteiger partial charge in [0.25, 0.3) is 0 Å². The van der Waals surface area contributed by atoms with Gasteiger partial charge in [0.2, 0.25) is 0 Å². The van der Waals surface area contributed by atoms with Crippen LogP contribution in [0.4, 0.5) is 13.2 Å². The van der Waals surface area contributed by atoms with Crippen molar-refractivity contribution in [2.45, 2.75) is 50.4 Å². The van der Waals surface area contributed by atoms with Gasteiger partial charge in [0.05, 0.1) is 11.7 Å². The fraction of sp³-hybridized carbons (Fsp3) is 0.750. The summed E-state index contributed by atoms with van der Waals surface area (Å²) in [5.41, 5.74) is 0.499. The van der Waals surface area contributed by atoms with Gasteiger partial charge < -0.3 is 5.32 Å². The Morgan fingerprint density at radius 3 is 2.67 bits per heavy atom. The molecule has 6 heteroatoms. The molecule has 102 valence electrons. The zero-order valence-electron chi connectivity index (χ0n) is 10.4. The van der Waals surface area contributed by atoms with Crippen molar-refractivity contribution in [2.24, 2.45) is 0 Å². The minimum absolute atomic E-state index is 0.111. The molecule has 1 unspecified atom stereocenters. The number of halogens is 3. The molecule has 1 heterocycles. The summed E-state index contributed by atoms with van der Waals surface area (Å²) < 4.78 is 39.7. The Morgan fingerprint density at radius 1 is 1.44 bits per heavy atom. The van der Waals surface area contributed by atoms with Gasteiger partial charge in [0.1, 0.15) is 6.04 Å². The van der Waals surface area contributed by atoms with Crippen molar-refractivity contribution in [3.8, 4) is 0 Å². The zero-order valence-corrected chi connectivity index (χ0v) is 10.4. The Morgan fingerprint density at radius 2 is 2.11 bits per heavy atom. The summed E-state index contributed by atoms with van der Waals surface area (Å²) in [4.78, 5) is 0. The Kier molecular flexibility index (Phi) is 3.94. The van der Waals surface area contributed by atoms with Gasteiger partial charge in [-0.05, 0) is 26.0 Å². The maximum absolute atomic E-state index is 12.6. The molecule has 1 N–H and O–H groups in total. The van der Waals surface area contributed by atoms with E-state index in [2.05, 4.69) is 10.4 Å². The smallest absolute Gasteiger partial charge is 0.309 e. The van der Waals surface area contributed by atoms with Crippen LogP contribution < -0.4 is 5.32 Å². The molecule has 3 nitrogen and oxygen atoms in total. The lowest BCUT2D eigenvalue weighted by atomic mass is 10.1. The van der Waals surface area contributed by atoms with E-state index >= 15 is 0 Å². The third kappa shape index (κ3) is 3.04. The average molecular weight is 261 g/mol. The molecule has 0 radical (unpaired) electrons. The van der Waals surface area contributed by atoms with E-state index in [1.807, 2.05) is 4.68 Å². The van der Waals surface area contributed by atoms with Gasteiger partial charge in [0.15, 0.2) is 0 Å². The van der Waals surface area contributed by atoms with Crippen molar-refractivity contribution in [3.63, 3.8) is 0 Å². The molecule has 1 aliphatic carbocycles. The lowest BCUT2D eigenvalue weighted by Gasteiger charge is -2.18. The van der Waals surface area contributed by atoms with E-state index in [-0.39, 0.29) is 6.42 Å². The number of hydrogen-bond donors (Lipinski definition) is 1. The Hall–Kier alpha value is -1.04. The van der Waals surface area contributed by atoms with Crippen molar-refractivity contribution in [3.05, 3.63) is 18.0 Å². The molecule has 0 saturated heterocycles. The second kappa shape index (κ2) is 5.30. The van der Waals surface area contributed by atoms with Crippen LogP contribution in [-0.4, -0.2) is 29.0 Å². The van der Waals surface area contributed by atoms with Crippen LogP contribution in [-0.2, 0) is 6.42 Å². The monoisotopic (exact) mass is 261 g/mol. The molecule has 1 fully saturated rings. The van der Waals surface area contributed by atoms with E-state index in [4.69, 9.17) is 0 Å². The Balaban J connectivity index is 2.01. The van der Waals surface area contributed by atoms with Crippen molar-refractivity contribution >= 4 is 0 Å². The van der Waals surface area contributed by atoms with E-state index in [0.29, 0.717) is 11.7 Å². The molecule has 1 saturated carbocycles. The first-order chi connectivity index (χ1) is 8.50. The van der Waals surface area contributed by atoms with Gasteiger partial charge in [-0.15, -0.1) is 0 Å². The quantitative estimate of drug-likeness (QED) is 0.903. The topological polar surface area (TPSA) is 29.9 Å². The number of likely N-dealkylation sites (N-methyl/N-ethyl adjacent to an activating group) is 1. The molecule has 18 heavy (non-hydrogen) atoms. The highest BCUT2D eigenvalue weighted by atomic mass is 19.4. The van der Waals surface area contributed by atoms with Crippen LogP contribution in [0.3, 0.4) is 0 Å². The summed E-state index contributed by atoms with van der Waals surface area (Å²) in [6.45, 7) is 0. The van der Waals surface area contributed by atoms with Crippen molar-refractivity contribution in [2.75, 3.05) is 7.05 Å². The Labute approximate surface area is 104 Å². The summed E-state index contributed by atoms with van der Waals surface area (Å²) in [6.07, 6.45) is 1.98. The van der Waals surface area contributed by atoms with Crippen molar-refractivity contribution in [1.82, 2.24) is 15.1 Å². The molecule has 0 aliphatic heterocycles. The minimum atomic E-state index is -4.23. The van der Waals surface area contributed by atoms with E-state index in [9.17, 15) is 13.2 Å². The number of alkyl halides is 3. The van der Waals surface area contributed by atoms with Crippen LogP contribution in [0.2, 0.25) is 0 Å². The van der Waals surface area contributed by atoms with E-state index in [1.54, 1.807) is 12.3 Å². The van der Waals surface area contributed by atoms with Gasteiger partial charge >= 0.3 is 6.18 Å². The van der Waals surface area contributed by atoms with Crippen molar-refractivity contribution < 1.29 is 13.2 Å². The number of nitrogens with one attached hydrogen (secondary N) is 1. The molecule has 1 aromatic heterocycles. The highest BCUT2D eigenvalue weighted by Crippen LogP contribution is 2.29. The predicted molar refractivity (Wildman–Crippen MR) is 62.3 cm³/mol. The third-order valence-electron chi connectivity index (χ3n) is 3.52. The van der Waals surface area contributed by atoms with Crippen LogP contribution in [0.15, 0.2) is 12.3 Å². The van der Waals surface area contributed by atoms with E-state index in [1.165, 1.54) is 19.9 Å². The number of nitrogens with zero attached hydrogens (tertiary/aromatic N) is 2. The molecule has 0 bridgehead atoms. The summed E-state index contributed by atoms with van der Waals surface area (Å²) in [6, 6.07) is 0.538. The molecule has 1 atom stereocenters. The first-order valence-corrected chi connectivity index (χ1v) is 6.28. The normalized spacial score (nSPS) is 19.3. The first-order valence-electron chi connectivity index (χ1n) is 6.28. The fourth-order valence-corrected chi connectivity index (χ4v) is 2.45. The Bertz CT molecular complexity index is 380. The predicted octanol–water partition coefficient (Wildman–Crippen LogP) is 2.69. The summed E-state index contributed by atoms with van der Waals surface area (Å²) in [5, 5.41) is 6.57. The summed E-state index contributed by atoms with van der Waals surface area (Å²) >= 11 is 0. The van der Waals surface area contributed by atoms with Gasteiger partial charge in [-0.3, -0.25) is 4.68 Å². The second-order valence-electron chi connectivity index (χ2n) is 4.81. The van der Waals surface area contributed by atoms with Crippen LogP contribution in [0.25, 0.3) is 0 Å². The standard InChI is InChI=1S/C12H18F3N3/c1-16-11(12(13,14)15)8-9-6-7-18(17-9)10-4-2-3-5-10/h6-7,10-11,16H,2-5,8H2,1H3. The van der Waals surface area contributed by atoms with Crippen LogP contribution in [0.5, 0.6) is 0 Å². The maximum atomic E-state index is 12.6. The highest BCUT2D eigenvalue weighted by molar-refractivity contribution is 5.03. The van der Waals surface area contributed by atoms with Gasteiger partial charge in [-0.2, -0.15) is 18.3 Å². The molecule has 0 spiro atoms. The maximum Gasteiger partial charge on any atom is 0.404 e. The number of rotatable bonds is 4. The van der Waals surface area contributed by atoms with Gasteiger partial charge in [-0.25, -0.2) is 0 Å². The molecular weight excluding hydrogens is 243 g/mol. The fourth-order valence-electron chi connectivity index (χ4n) is 2.45. The highest BCUT2D eigenvalue weighted by Gasteiger charge is 2.38. The lowest BCUT2D eigenvalue weighted by molar-refractivity contribution is -0.154. The van der Waals surface area contributed by atoms with Gasteiger partial charge in [-0.1, -0.05) is 12.8 Å². The molecule has 0 aromatic carbocycles. The minimum Gasteiger partial charge on any atom is -0.309 e. The molecule has 0 amide bonds. The average Bonchev–Trinajstić information content (AvgIpc) is 2.94. The molecule has 1 aliphatic rings. The second-order valence-corrected chi connectivity index (χ2v) is 4.81. The third-order valence-corrected chi connectivity index (χ3v) is 3.52. The molecular formula is C12H18F3N3. The van der Waals surface area contributed by atoms with Crippen LogP contribution >= 0.6 is 0 Å². The summed E-state index contributed by atoms with van der Waals surface area (Å²) in [7, 11) is 1.33.